The van der Waals surface area contributed by atoms with Gasteiger partial charge in [-0.15, -0.1) is 0 Å². The van der Waals surface area contributed by atoms with E-state index in [2.05, 4.69) is 52.0 Å². The Kier molecular flexibility index (Phi) is 2.72. The highest BCUT2D eigenvalue weighted by Gasteiger charge is 2.76. The molecule has 4 aliphatic rings. The maximum atomic E-state index is 6.28. The van der Waals surface area contributed by atoms with E-state index in [1.165, 1.54) is 24.8 Å². The van der Waals surface area contributed by atoms with Crippen LogP contribution >= 0.6 is 0 Å². The molecule has 3 nitrogen and oxygen atoms in total. The van der Waals surface area contributed by atoms with E-state index >= 15 is 0 Å². The number of ether oxygens (including phenoxy) is 1. The monoisotopic (exact) mass is 300 g/mol. The van der Waals surface area contributed by atoms with E-state index in [1.54, 1.807) is 7.11 Å². The average molecular weight is 300 g/mol. The minimum Gasteiger partial charge on any atom is -0.497 e. The summed E-state index contributed by atoms with van der Waals surface area (Å²) in [5, 5.41) is 0.241. The third-order valence-corrected chi connectivity index (χ3v) is 6.53. The molecule has 0 unspecified atom stereocenters. The Balaban J connectivity index is 1.48. The number of methoxy groups -OCH3 is 1. The number of hydrogen-bond acceptors (Lipinski definition) is 3. The van der Waals surface area contributed by atoms with Gasteiger partial charge in [0, 0.05) is 5.31 Å². The Bertz CT molecular complexity index is 569. The fourth-order valence-electron chi connectivity index (χ4n) is 4.46. The van der Waals surface area contributed by atoms with Crippen molar-refractivity contribution in [2.45, 2.75) is 68.9 Å². The van der Waals surface area contributed by atoms with Gasteiger partial charge in [0.1, 0.15) is 5.75 Å². The van der Waals surface area contributed by atoms with Crippen molar-refractivity contribution in [2.24, 2.45) is 0 Å². The normalized spacial score (nSPS) is 37.4. The summed E-state index contributed by atoms with van der Waals surface area (Å²) in [5.41, 5.74) is 1.35. The van der Waals surface area contributed by atoms with Gasteiger partial charge >= 0.3 is 7.12 Å². The molecule has 1 aliphatic heterocycles. The Hall–Kier alpha value is -0.995. The van der Waals surface area contributed by atoms with Gasteiger partial charge in [0.15, 0.2) is 0 Å². The minimum atomic E-state index is -0.222. The molecule has 0 N–H and O–H groups in total. The lowest BCUT2D eigenvalue weighted by atomic mass is 9.23. The SMILES string of the molecule is COc1ccc(C23CC(B4OC(C)(C)C(C)(C)O4)(C2)C3)cc1. The molecule has 0 spiro atoms. The van der Waals surface area contributed by atoms with E-state index < -0.39 is 0 Å². The van der Waals surface area contributed by atoms with Crippen molar-refractivity contribution in [1.29, 1.82) is 0 Å². The van der Waals surface area contributed by atoms with Crippen LogP contribution in [0, 0.1) is 0 Å². The molecule has 3 saturated carbocycles. The van der Waals surface area contributed by atoms with Gasteiger partial charge in [-0.05, 0) is 70.1 Å². The van der Waals surface area contributed by atoms with Gasteiger partial charge in [-0.3, -0.25) is 0 Å². The van der Waals surface area contributed by atoms with Crippen molar-refractivity contribution in [3.05, 3.63) is 29.8 Å². The molecule has 3 aliphatic carbocycles. The van der Waals surface area contributed by atoms with Crippen molar-refractivity contribution in [1.82, 2.24) is 0 Å². The van der Waals surface area contributed by atoms with E-state index in [4.69, 9.17) is 14.0 Å². The first kappa shape index (κ1) is 14.6. The molecule has 118 valence electrons. The van der Waals surface area contributed by atoms with Crippen LogP contribution in [0.5, 0.6) is 5.75 Å². The van der Waals surface area contributed by atoms with Gasteiger partial charge in [-0.2, -0.15) is 0 Å². The molecule has 4 heteroatoms. The smallest absolute Gasteiger partial charge is 0.464 e. The Morgan fingerprint density at radius 1 is 0.909 bits per heavy atom. The molecule has 1 heterocycles. The van der Waals surface area contributed by atoms with Gasteiger partial charge in [0.25, 0.3) is 0 Å². The fourth-order valence-corrected chi connectivity index (χ4v) is 4.46. The first-order chi connectivity index (χ1) is 10.2. The first-order valence-electron chi connectivity index (χ1n) is 8.22. The predicted octanol–water partition coefficient (Wildman–Crippen LogP) is 3.96. The number of rotatable bonds is 3. The van der Waals surface area contributed by atoms with Crippen LogP contribution in [-0.4, -0.2) is 25.4 Å². The summed E-state index contributed by atoms with van der Waals surface area (Å²) in [6, 6.07) is 8.56. The standard InChI is InChI=1S/C18H25BO3/c1-15(2)16(3,4)22-19(21-15)18-10-17(11-18,12-18)13-6-8-14(20-5)9-7-13/h6-9H,10-12H2,1-5H3. The maximum Gasteiger partial charge on any atom is 0.464 e. The highest BCUT2D eigenvalue weighted by Crippen LogP contribution is 2.80. The summed E-state index contributed by atoms with van der Waals surface area (Å²) in [6.45, 7) is 8.55. The summed E-state index contributed by atoms with van der Waals surface area (Å²) < 4.78 is 17.8. The number of hydrogen-bond donors (Lipinski definition) is 0. The third kappa shape index (κ3) is 1.71. The summed E-state index contributed by atoms with van der Waals surface area (Å²) in [5.74, 6) is 0.927. The molecular weight excluding hydrogens is 275 g/mol. The van der Waals surface area contributed by atoms with E-state index in [-0.39, 0.29) is 23.6 Å². The van der Waals surface area contributed by atoms with Crippen molar-refractivity contribution in [3.63, 3.8) is 0 Å². The lowest BCUT2D eigenvalue weighted by Crippen LogP contribution is -2.66. The van der Waals surface area contributed by atoms with E-state index in [1.807, 2.05) is 0 Å². The second kappa shape index (κ2) is 4.10. The third-order valence-electron chi connectivity index (χ3n) is 6.53. The topological polar surface area (TPSA) is 27.7 Å². The molecule has 0 amide bonds. The molecule has 4 fully saturated rings. The van der Waals surface area contributed by atoms with Crippen LogP contribution in [0.4, 0.5) is 0 Å². The molecule has 0 radical (unpaired) electrons. The van der Waals surface area contributed by atoms with Crippen molar-refractivity contribution < 1.29 is 14.0 Å². The highest BCUT2D eigenvalue weighted by atomic mass is 16.7. The summed E-state index contributed by atoms with van der Waals surface area (Å²) in [4.78, 5) is 0. The lowest BCUT2D eigenvalue weighted by Gasteiger charge is -2.71. The van der Waals surface area contributed by atoms with Crippen LogP contribution in [0.2, 0.25) is 5.31 Å². The molecule has 22 heavy (non-hydrogen) atoms. The molecule has 2 bridgehead atoms. The van der Waals surface area contributed by atoms with E-state index in [9.17, 15) is 0 Å². The minimum absolute atomic E-state index is 0.0439. The summed E-state index contributed by atoms with van der Waals surface area (Å²) >= 11 is 0. The number of benzene rings is 1. The van der Waals surface area contributed by atoms with Gasteiger partial charge in [0.2, 0.25) is 0 Å². The molecule has 1 aromatic rings. The van der Waals surface area contributed by atoms with Gasteiger partial charge in [0.05, 0.1) is 18.3 Å². The largest absolute Gasteiger partial charge is 0.497 e. The molecule has 0 aromatic heterocycles. The zero-order chi connectivity index (χ0) is 15.8. The van der Waals surface area contributed by atoms with Crippen LogP contribution in [0.25, 0.3) is 0 Å². The van der Waals surface area contributed by atoms with Gasteiger partial charge in [-0.25, -0.2) is 0 Å². The zero-order valence-electron chi connectivity index (χ0n) is 14.2. The van der Waals surface area contributed by atoms with Gasteiger partial charge < -0.3 is 14.0 Å². The Morgan fingerprint density at radius 3 is 1.86 bits per heavy atom. The van der Waals surface area contributed by atoms with E-state index in [0.29, 0.717) is 5.41 Å². The summed E-state index contributed by atoms with van der Waals surface area (Å²) in [6.07, 6.45) is 3.55. The molecule has 0 atom stereocenters. The molecular formula is C18H25BO3. The second-order valence-corrected chi connectivity index (χ2v) is 8.49. The Morgan fingerprint density at radius 2 is 1.41 bits per heavy atom. The van der Waals surface area contributed by atoms with Crippen LogP contribution in [0.3, 0.4) is 0 Å². The predicted molar refractivity (Wildman–Crippen MR) is 87.3 cm³/mol. The zero-order valence-corrected chi connectivity index (χ0v) is 14.2. The quantitative estimate of drug-likeness (QED) is 0.791. The first-order valence-corrected chi connectivity index (χ1v) is 8.22. The van der Waals surface area contributed by atoms with Crippen LogP contribution in [0.1, 0.15) is 52.5 Å². The molecule has 1 aromatic carbocycles. The average Bonchev–Trinajstić information content (AvgIpc) is 2.56. The van der Waals surface area contributed by atoms with Crippen molar-refractivity contribution in [3.8, 4) is 5.75 Å². The second-order valence-electron chi connectivity index (χ2n) is 8.49. The van der Waals surface area contributed by atoms with Crippen molar-refractivity contribution >= 4 is 7.12 Å². The molecule has 1 saturated heterocycles. The van der Waals surface area contributed by atoms with Crippen LogP contribution in [0.15, 0.2) is 24.3 Å². The van der Waals surface area contributed by atoms with Crippen molar-refractivity contribution in [2.75, 3.05) is 7.11 Å². The van der Waals surface area contributed by atoms with Gasteiger partial charge in [-0.1, -0.05) is 12.1 Å². The van der Waals surface area contributed by atoms with E-state index in [0.717, 1.165) is 5.75 Å². The lowest BCUT2D eigenvalue weighted by molar-refractivity contribution is -0.0383. The fraction of sp³-hybridized carbons (Fsp3) is 0.667. The summed E-state index contributed by atoms with van der Waals surface area (Å²) in [7, 11) is 1.67. The molecule has 5 rings (SSSR count). The Labute approximate surface area is 133 Å². The highest BCUT2D eigenvalue weighted by molar-refractivity contribution is 6.51. The maximum absolute atomic E-state index is 6.28. The van der Waals surface area contributed by atoms with Crippen LogP contribution < -0.4 is 4.74 Å². The van der Waals surface area contributed by atoms with Crippen LogP contribution in [-0.2, 0) is 14.7 Å².